The van der Waals surface area contributed by atoms with Crippen LogP contribution in [-0.4, -0.2) is 19.6 Å². The summed E-state index contributed by atoms with van der Waals surface area (Å²) in [5.74, 6) is 0.641. The number of rotatable bonds is 5. The van der Waals surface area contributed by atoms with E-state index < -0.39 is 5.41 Å². The number of hydrogen-bond acceptors (Lipinski definition) is 3. The Morgan fingerprint density at radius 1 is 1.50 bits per heavy atom. The molecule has 0 unspecified atom stereocenters. The number of nitrogens with two attached hydrogens (primary N) is 1. The lowest BCUT2D eigenvalue weighted by Crippen LogP contribution is -2.32. The van der Waals surface area contributed by atoms with Crippen molar-refractivity contribution < 1.29 is 9.53 Å². The average molecular weight is 315 g/mol. The van der Waals surface area contributed by atoms with E-state index in [0.29, 0.717) is 24.4 Å². The zero-order chi connectivity index (χ0) is 13.8. The molecule has 0 aliphatic heterocycles. The van der Waals surface area contributed by atoms with Gasteiger partial charge in [-0.3, -0.25) is 4.79 Å². The van der Waals surface area contributed by atoms with Crippen LogP contribution in [0.1, 0.15) is 20.3 Å². The average Bonchev–Trinajstić information content (AvgIpc) is 2.31. The maximum Gasteiger partial charge on any atom is 0.230 e. The van der Waals surface area contributed by atoms with Crippen LogP contribution in [0.25, 0.3) is 0 Å². The predicted octanol–water partition coefficient (Wildman–Crippen LogP) is 2.77. The Bertz CT molecular complexity index is 433. The highest BCUT2D eigenvalue weighted by Crippen LogP contribution is 2.29. The van der Waals surface area contributed by atoms with Crippen LogP contribution in [0.5, 0.6) is 5.75 Å². The van der Waals surface area contributed by atoms with E-state index in [9.17, 15) is 4.79 Å². The lowest BCUT2D eigenvalue weighted by molar-refractivity contribution is -0.124. The fraction of sp³-hybridized carbons (Fsp3) is 0.462. The van der Waals surface area contributed by atoms with Gasteiger partial charge < -0.3 is 15.8 Å². The van der Waals surface area contributed by atoms with Gasteiger partial charge in [0.25, 0.3) is 0 Å². The molecule has 0 bridgehead atoms. The van der Waals surface area contributed by atoms with E-state index in [1.807, 2.05) is 26.0 Å². The summed E-state index contributed by atoms with van der Waals surface area (Å²) < 4.78 is 6.03. The quantitative estimate of drug-likeness (QED) is 0.878. The molecule has 0 aromatic heterocycles. The highest BCUT2D eigenvalue weighted by Gasteiger charge is 2.26. The van der Waals surface area contributed by atoms with E-state index >= 15 is 0 Å². The van der Waals surface area contributed by atoms with Crippen LogP contribution in [-0.2, 0) is 4.79 Å². The molecule has 0 saturated carbocycles. The van der Waals surface area contributed by atoms with E-state index in [4.69, 9.17) is 10.5 Å². The third kappa shape index (κ3) is 3.71. The first-order valence-electron chi connectivity index (χ1n) is 5.76. The van der Waals surface area contributed by atoms with Gasteiger partial charge in [0.15, 0.2) is 0 Å². The molecule has 0 aliphatic carbocycles. The summed E-state index contributed by atoms with van der Waals surface area (Å²) in [6.45, 7) is 4.25. The maximum atomic E-state index is 12.1. The molecular weight excluding hydrogens is 296 g/mol. The van der Waals surface area contributed by atoms with E-state index in [1.54, 1.807) is 13.2 Å². The van der Waals surface area contributed by atoms with E-state index in [2.05, 4.69) is 21.2 Å². The molecule has 1 amide bonds. The minimum absolute atomic E-state index is 0.0441. The second-order valence-corrected chi connectivity index (χ2v) is 5.58. The number of carbonyl (C=O) groups excluding carboxylic acids is 1. The number of benzene rings is 1. The van der Waals surface area contributed by atoms with Crippen molar-refractivity contribution in [1.29, 1.82) is 0 Å². The summed E-state index contributed by atoms with van der Waals surface area (Å²) in [7, 11) is 1.59. The summed E-state index contributed by atoms with van der Waals surface area (Å²) >= 11 is 3.37. The molecule has 0 spiro atoms. The van der Waals surface area contributed by atoms with Crippen LogP contribution >= 0.6 is 15.9 Å². The summed E-state index contributed by atoms with van der Waals surface area (Å²) in [4.78, 5) is 12.1. The number of anilines is 1. The van der Waals surface area contributed by atoms with Gasteiger partial charge in [0.05, 0.1) is 11.6 Å². The van der Waals surface area contributed by atoms with Crippen LogP contribution in [0.3, 0.4) is 0 Å². The van der Waals surface area contributed by atoms with Gasteiger partial charge in [-0.1, -0.05) is 13.8 Å². The summed E-state index contributed by atoms with van der Waals surface area (Å²) in [6.07, 6.45) is 0.645. The van der Waals surface area contributed by atoms with Crippen LogP contribution in [0, 0.1) is 5.41 Å². The SMILES string of the molecule is COc1cc(NC(=O)C(C)(C)CCN)ccc1Br. The Morgan fingerprint density at radius 2 is 2.17 bits per heavy atom. The summed E-state index contributed by atoms with van der Waals surface area (Å²) in [5.41, 5.74) is 5.74. The molecular formula is C13H19BrN2O2. The van der Waals surface area contributed by atoms with Gasteiger partial charge in [0, 0.05) is 17.2 Å². The number of halogens is 1. The summed E-state index contributed by atoms with van der Waals surface area (Å²) in [6, 6.07) is 5.44. The Hall–Kier alpha value is -1.07. The molecule has 100 valence electrons. The number of amides is 1. The molecule has 1 aromatic rings. The number of nitrogens with one attached hydrogen (secondary N) is 1. The zero-order valence-electron chi connectivity index (χ0n) is 10.9. The molecule has 4 nitrogen and oxygen atoms in total. The molecule has 0 aliphatic rings. The lowest BCUT2D eigenvalue weighted by atomic mass is 9.88. The molecule has 18 heavy (non-hydrogen) atoms. The zero-order valence-corrected chi connectivity index (χ0v) is 12.5. The third-order valence-corrected chi connectivity index (χ3v) is 3.45. The van der Waals surface area contributed by atoms with Gasteiger partial charge in [0.2, 0.25) is 5.91 Å². The van der Waals surface area contributed by atoms with Crippen molar-refractivity contribution in [3.63, 3.8) is 0 Å². The predicted molar refractivity (Wildman–Crippen MR) is 76.8 cm³/mol. The van der Waals surface area contributed by atoms with Crippen molar-refractivity contribution in [2.45, 2.75) is 20.3 Å². The first kappa shape index (κ1) is 15.0. The summed E-state index contributed by atoms with van der Waals surface area (Å²) in [5, 5.41) is 2.87. The number of methoxy groups -OCH3 is 1. The highest BCUT2D eigenvalue weighted by molar-refractivity contribution is 9.10. The van der Waals surface area contributed by atoms with Crippen molar-refractivity contribution in [2.75, 3.05) is 19.0 Å². The second kappa shape index (κ2) is 6.20. The van der Waals surface area contributed by atoms with Crippen LogP contribution in [0.15, 0.2) is 22.7 Å². The smallest absolute Gasteiger partial charge is 0.230 e. The van der Waals surface area contributed by atoms with Crippen molar-refractivity contribution in [3.05, 3.63) is 22.7 Å². The molecule has 1 rings (SSSR count). The monoisotopic (exact) mass is 314 g/mol. The highest BCUT2D eigenvalue weighted by atomic mass is 79.9. The Kier molecular flexibility index (Phi) is 5.16. The van der Waals surface area contributed by atoms with Crippen LogP contribution in [0.4, 0.5) is 5.69 Å². The maximum absolute atomic E-state index is 12.1. The van der Waals surface area contributed by atoms with Gasteiger partial charge >= 0.3 is 0 Å². The molecule has 0 atom stereocenters. The molecule has 0 saturated heterocycles. The Balaban J connectivity index is 2.82. The van der Waals surface area contributed by atoms with Gasteiger partial charge in [0.1, 0.15) is 5.75 Å². The van der Waals surface area contributed by atoms with Crippen molar-refractivity contribution in [2.24, 2.45) is 11.1 Å². The lowest BCUT2D eigenvalue weighted by Gasteiger charge is -2.22. The Labute approximate surface area is 116 Å². The largest absolute Gasteiger partial charge is 0.495 e. The normalized spacial score (nSPS) is 11.2. The fourth-order valence-electron chi connectivity index (χ4n) is 1.51. The van der Waals surface area contributed by atoms with Crippen LogP contribution < -0.4 is 15.8 Å². The van der Waals surface area contributed by atoms with Gasteiger partial charge in [-0.2, -0.15) is 0 Å². The number of carbonyl (C=O) groups is 1. The minimum Gasteiger partial charge on any atom is -0.495 e. The van der Waals surface area contributed by atoms with Gasteiger partial charge in [-0.05, 0) is 41.0 Å². The number of ether oxygens (including phenoxy) is 1. The molecule has 0 radical (unpaired) electrons. The molecule has 0 heterocycles. The molecule has 5 heteroatoms. The third-order valence-electron chi connectivity index (χ3n) is 2.79. The second-order valence-electron chi connectivity index (χ2n) is 4.73. The van der Waals surface area contributed by atoms with E-state index in [1.165, 1.54) is 0 Å². The van der Waals surface area contributed by atoms with Crippen molar-refractivity contribution >= 4 is 27.5 Å². The van der Waals surface area contributed by atoms with Gasteiger partial charge in [-0.25, -0.2) is 0 Å². The molecule has 3 N–H and O–H groups in total. The van der Waals surface area contributed by atoms with Crippen LogP contribution in [0.2, 0.25) is 0 Å². The molecule has 1 aromatic carbocycles. The first-order valence-corrected chi connectivity index (χ1v) is 6.55. The topological polar surface area (TPSA) is 64.3 Å². The minimum atomic E-state index is -0.477. The fourth-order valence-corrected chi connectivity index (χ4v) is 1.92. The van der Waals surface area contributed by atoms with Gasteiger partial charge in [-0.15, -0.1) is 0 Å². The number of hydrogen-bond donors (Lipinski definition) is 2. The van der Waals surface area contributed by atoms with Crippen molar-refractivity contribution in [3.8, 4) is 5.75 Å². The van der Waals surface area contributed by atoms with E-state index in [0.717, 1.165) is 4.47 Å². The molecule has 0 fully saturated rings. The standard InChI is InChI=1S/C13H19BrN2O2/c1-13(2,6-7-15)12(17)16-9-4-5-10(14)11(8-9)18-3/h4-5,8H,6-7,15H2,1-3H3,(H,16,17). The van der Waals surface area contributed by atoms with E-state index in [-0.39, 0.29) is 5.91 Å². The first-order chi connectivity index (χ1) is 8.40. The van der Waals surface area contributed by atoms with Crippen molar-refractivity contribution in [1.82, 2.24) is 0 Å². The Morgan fingerprint density at radius 3 is 2.72 bits per heavy atom.